The number of aryl methyl sites for hydroxylation is 3. The van der Waals surface area contributed by atoms with E-state index in [0.29, 0.717) is 17.7 Å². The van der Waals surface area contributed by atoms with Gasteiger partial charge in [-0.2, -0.15) is 0 Å². The molecular formula is C21H24N2O4S. The lowest BCUT2D eigenvalue weighted by molar-refractivity contribution is -0.639. The standard InChI is InChI=1S/C12H13N2O.C9H12O3S/c13-14-8-6-12(7-9-14)15-10-11-4-2-1-3-5-11;1-6-4-7(2)9(8(3)5-6)13(10,11)12/h1-9H,10,13H2;4-5H,1-3H3,(H,10,11,12)/q+1;/p-1. The van der Waals surface area contributed by atoms with Crippen LogP contribution in [0, 0.1) is 20.8 Å². The zero-order valence-corrected chi connectivity index (χ0v) is 16.9. The van der Waals surface area contributed by atoms with Crippen molar-refractivity contribution in [2.75, 3.05) is 5.84 Å². The molecule has 0 bridgehead atoms. The Bertz CT molecular complexity index is 995. The zero-order valence-electron chi connectivity index (χ0n) is 16.1. The fourth-order valence-corrected chi connectivity index (χ4v) is 3.73. The number of nitrogens with zero attached hydrogens (tertiary/aromatic N) is 1. The van der Waals surface area contributed by atoms with Gasteiger partial charge in [-0.3, -0.25) is 0 Å². The van der Waals surface area contributed by atoms with E-state index in [1.165, 1.54) is 4.68 Å². The Morgan fingerprint density at radius 1 is 0.964 bits per heavy atom. The number of benzene rings is 2. The number of aromatic nitrogens is 1. The molecule has 2 aromatic carbocycles. The predicted octanol–water partition coefficient (Wildman–Crippen LogP) is 2.78. The molecule has 0 saturated carbocycles. The molecule has 0 amide bonds. The van der Waals surface area contributed by atoms with Gasteiger partial charge in [0.2, 0.25) is 12.4 Å². The maximum atomic E-state index is 10.8. The van der Waals surface area contributed by atoms with Crippen LogP contribution < -0.4 is 15.3 Å². The molecular weight excluding hydrogens is 376 g/mol. The first-order valence-corrected chi connectivity index (χ1v) is 10.0. The molecule has 3 rings (SSSR count). The van der Waals surface area contributed by atoms with Crippen LogP contribution in [0.15, 0.2) is 71.9 Å². The highest BCUT2D eigenvalue weighted by Gasteiger charge is 2.09. The molecule has 0 fully saturated rings. The molecule has 0 atom stereocenters. The monoisotopic (exact) mass is 400 g/mol. The molecule has 7 heteroatoms. The molecule has 1 aromatic heterocycles. The smallest absolute Gasteiger partial charge is 0.202 e. The van der Waals surface area contributed by atoms with Crippen molar-refractivity contribution >= 4 is 10.1 Å². The van der Waals surface area contributed by atoms with Crippen LogP contribution in [-0.2, 0) is 16.7 Å². The highest BCUT2D eigenvalue weighted by molar-refractivity contribution is 7.85. The first-order chi connectivity index (χ1) is 13.2. The number of hydrogen-bond acceptors (Lipinski definition) is 5. The highest BCUT2D eigenvalue weighted by Crippen LogP contribution is 2.20. The maximum absolute atomic E-state index is 10.8. The van der Waals surface area contributed by atoms with Crippen LogP contribution in [0.5, 0.6) is 5.75 Å². The van der Waals surface area contributed by atoms with Crippen molar-refractivity contribution in [2.45, 2.75) is 32.3 Å². The van der Waals surface area contributed by atoms with E-state index in [1.54, 1.807) is 38.4 Å². The third-order valence-electron chi connectivity index (χ3n) is 3.92. The first-order valence-electron chi connectivity index (χ1n) is 8.63. The molecule has 6 nitrogen and oxygen atoms in total. The number of ether oxygens (including phenoxy) is 1. The molecule has 0 unspecified atom stereocenters. The zero-order chi connectivity index (χ0) is 20.7. The van der Waals surface area contributed by atoms with Crippen LogP contribution in [0.2, 0.25) is 0 Å². The van der Waals surface area contributed by atoms with Crippen molar-refractivity contribution in [3.8, 4) is 5.75 Å². The number of nitrogens with two attached hydrogens (primary N) is 1. The topological polar surface area (TPSA) is 96.3 Å². The SMILES string of the molecule is Cc1cc(C)c(S(=O)(=O)[O-])c(C)c1.N[n+]1ccc(OCc2ccccc2)cc1. The number of hydrogen-bond donors (Lipinski definition) is 1. The van der Waals surface area contributed by atoms with E-state index in [1.807, 2.05) is 49.4 Å². The summed E-state index contributed by atoms with van der Waals surface area (Å²) in [5, 5.41) is 0. The molecule has 28 heavy (non-hydrogen) atoms. The van der Waals surface area contributed by atoms with Crippen LogP contribution in [-0.4, -0.2) is 13.0 Å². The van der Waals surface area contributed by atoms with Gasteiger partial charge in [-0.1, -0.05) is 52.7 Å². The van der Waals surface area contributed by atoms with Gasteiger partial charge < -0.3 is 9.29 Å². The van der Waals surface area contributed by atoms with Gasteiger partial charge in [0.25, 0.3) is 0 Å². The molecule has 148 valence electrons. The van der Waals surface area contributed by atoms with E-state index in [0.717, 1.165) is 16.9 Å². The summed E-state index contributed by atoms with van der Waals surface area (Å²) in [5.41, 5.74) is 3.16. The molecule has 0 spiro atoms. The summed E-state index contributed by atoms with van der Waals surface area (Å²) < 4.78 is 39.6. The van der Waals surface area contributed by atoms with Crippen LogP contribution in [0.4, 0.5) is 0 Å². The lowest BCUT2D eigenvalue weighted by Gasteiger charge is -2.14. The van der Waals surface area contributed by atoms with Gasteiger partial charge in [0.15, 0.2) is 0 Å². The molecule has 0 saturated heterocycles. The second-order valence-electron chi connectivity index (χ2n) is 6.44. The van der Waals surface area contributed by atoms with E-state index < -0.39 is 10.1 Å². The van der Waals surface area contributed by atoms with E-state index >= 15 is 0 Å². The second-order valence-corrected chi connectivity index (χ2v) is 7.75. The van der Waals surface area contributed by atoms with Crippen molar-refractivity contribution in [2.24, 2.45) is 0 Å². The van der Waals surface area contributed by atoms with E-state index in [9.17, 15) is 13.0 Å². The molecule has 3 aromatic rings. The number of pyridine rings is 1. The summed E-state index contributed by atoms with van der Waals surface area (Å²) in [4.78, 5) is -0.0851. The minimum Gasteiger partial charge on any atom is -0.744 e. The Balaban J connectivity index is 0.000000203. The Morgan fingerprint density at radius 2 is 1.50 bits per heavy atom. The molecule has 1 heterocycles. The molecule has 2 N–H and O–H groups in total. The number of rotatable bonds is 4. The lowest BCUT2D eigenvalue weighted by atomic mass is 10.1. The fraction of sp³-hybridized carbons (Fsp3) is 0.190. The quantitative estimate of drug-likeness (QED) is 0.413. The average molecular weight is 401 g/mol. The van der Waals surface area contributed by atoms with Gasteiger partial charge in [-0.25, -0.2) is 14.3 Å². The Kier molecular flexibility index (Phi) is 7.14. The summed E-state index contributed by atoms with van der Waals surface area (Å²) >= 11 is 0. The average Bonchev–Trinajstić information content (AvgIpc) is 2.60. The minimum atomic E-state index is -4.33. The van der Waals surface area contributed by atoms with Crippen molar-refractivity contribution in [3.05, 3.63) is 89.2 Å². The highest BCUT2D eigenvalue weighted by atomic mass is 32.2. The summed E-state index contributed by atoms with van der Waals surface area (Å²) in [6.45, 7) is 5.70. The Labute approximate surface area is 165 Å². The third-order valence-corrected chi connectivity index (χ3v) is 5.07. The first kappa shape index (κ1) is 21.4. The van der Waals surface area contributed by atoms with Gasteiger partial charge in [0.05, 0.1) is 4.90 Å². The van der Waals surface area contributed by atoms with Crippen molar-refractivity contribution in [1.82, 2.24) is 0 Å². The van der Waals surface area contributed by atoms with Gasteiger partial charge in [0.1, 0.15) is 22.5 Å². The van der Waals surface area contributed by atoms with Gasteiger partial charge >= 0.3 is 0 Å². The molecule has 0 radical (unpaired) electrons. The summed E-state index contributed by atoms with van der Waals surface area (Å²) in [7, 11) is -4.33. The molecule has 0 aliphatic carbocycles. The normalized spacial score (nSPS) is 10.7. The van der Waals surface area contributed by atoms with Crippen LogP contribution in [0.3, 0.4) is 0 Å². The van der Waals surface area contributed by atoms with Gasteiger partial charge in [0, 0.05) is 12.1 Å². The van der Waals surface area contributed by atoms with Crippen molar-refractivity contribution in [3.63, 3.8) is 0 Å². The second kappa shape index (κ2) is 9.34. The lowest BCUT2D eigenvalue weighted by Crippen LogP contribution is -2.43. The van der Waals surface area contributed by atoms with Crippen LogP contribution in [0.25, 0.3) is 0 Å². The Hall–Kier alpha value is -2.90. The largest absolute Gasteiger partial charge is 0.744 e. The van der Waals surface area contributed by atoms with Gasteiger partial charge in [-0.05, 0) is 37.5 Å². The minimum absolute atomic E-state index is 0.0851. The van der Waals surface area contributed by atoms with E-state index in [-0.39, 0.29) is 4.90 Å². The van der Waals surface area contributed by atoms with E-state index in [4.69, 9.17) is 10.6 Å². The molecule has 0 aliphatic heterocycles. The van der Waals surface area contributed by atoms with Gasteiger partial charge in [-0.15, -0.1) is 0 Å². The number of nitrogen functional groups attached to an aromatic ring is 1. The molecule has 0 aliphatic rings. The fourth-order valence-electron chi connectivity index (χ4n) is 2.82. The summed E-state index contributed by atoms with van der Waals surface area (Å²) in [6.07, 6.45) is 3.50. The Morgan fingerprint density at radius 3 is 2.00 bits per heavy atom. The summed E-state index contributed by atoms with van der Waals surface area (Å²) in [5.74, 6) is 6.32. The predicted molar refractivity (Wildman–Crippen MR) is 106 cm³/mol. The van der Waals surface area contributed by atoms with Crippen molar-refractivity contribution in [1.29, 1.82) is 0 Å². The maximum Gasteiger partial charge on any atom is 0.202 e. The van der Waals surface area contributed by atoms with Crippen LogP contribution >= 0.6 is 0 Å². The van der Waals surface area contributed by atoms with Crippen molar-refractivity contribution < 1.29 is 22.4 Å². The third kappa shape index (κ3) is 6.37. The summed E-state index contributed by atoms with van der Waals surface area (Å²) in [6, 6.07) is 17.1. The van der Waals surface area contributed by atoms with E-state index in [2.05, 4.69) is 0 Å². The van der Waals surface area contributed by atoms with Crippen LogP contribution in [0.1, 0.15) is 22.3 Å².